The van der Waals surface area contributed by atoms with Gasteiger partial charge in [0.25, 0.3) is 0 Å². The lowest BCUT2D eigenvalue weighted by atomic mass is 9.87. The smallest absolute Gasteiger partial charge is 0.0791 e. The maximum absolute atomic E-state index is 9.85. The first-order valence-electron chi connectivity index (χ1n) is 7.04. The maximum atomic E-state index is 9.85. The van der Waals surface area contributed by atoms with Gasteiger partial charge in [-0.1, -0.05) is 20.3 Å². The van der Waals surface area contributed by atoms with E-state index < -0.39 is 0 Å². The topological polar surface area (TPSA) is 32.7 Å². The first-order chi connectivity index (χ1) is 7.90. The number of aliphatic hydroxyl groups excluding tert-OH is 1. The highest BCUT2D eigenvalue weighted by Crippen LogP contribution is 2.33. The fraction of sp³-hybridized carbons (Fsp3) is 1.00. The summed E-state index contributed by atoms with van der Waals surface area (Å²) in [7, 11) is 0. The quantitative estimate of drug-likeness (QED) is 0.805. The minimum Gasteiger partial charge on any atom is -0.393 e. The Morgan fingerprint density at radius 1 is 1.41 bits per heavy atom. The summed E-state index contributed by atoms with van der Waals surface area (Å²) in [4.78, 5) is 6.18. The monoisotopic (exact) mass is 243 g/mol. The third kappa shape index (κ3) is 3.94. The van der Waals surface area contributed by atoms with Crippen LogP contribution in [-0.2, 0) is 4.84 Å². The van der Waals surface area contributed by atoms with Crippen molar-refractivity contribution in [3.63, 3.8) is 0 Å². The number of rotatable bonds is 5. The van der Waals surface area contributed by atoms with Gasteiger partial charge in [-0.3, -0.25) is 4.84 Å². The van der Waals surface area contributed by atoms with Gasteiger partial charge in [-0.25, -0.2) is 0 Å². The summed E-state index contributed by atoms with van der Waals surface area (Å²) in [5.74, 6) is 0. The molecule has 0 aromatic carbocycles. The van der Waals surface area contributed by atoms with Crippen molar-refractivity contribution in [1.29, 1.82) is 0 Å². The van der Waals surface area contributed by atoms with Crippen molar-refractivity contribution in [1.82, 2.24) is 5.06 Å². The van der Waals surface area contributed by atoms with E-state index in [1.54, 1.807) is 0 Å². The first-order valence-corrected chi connectivity index (χ1v) is 7.04. The minimum atomic E-state index is -0.189. The van der Waals surface area contributed by atoms with Gasteiger partial charge in [-0.05, 0) is 46.5 Å². The van der Waals surface area contributed by atoms with Gasteiger partial charge in [-0.2, -0.15) is 5.06 Å². The van der Waals surface area contributed by atoms with Crippen molar-refractivity contribution < 1.29 is 9.94 Å². The Bertz CT molecular complexity index is 230. The molecule has 1 aliphatic heterocycles. The van der Waals surface area contributed by atoms with Gasteiger partial charge < -0.3 is 5.11 Å². The maximum Gasteiger partial charge on any atom is 0.0791 e. The molecule has 0 saturated carbocycles. The van der Waals surface area contributed by atoms with E-state index in [9.17, 15) is 5.11 Å². The van der Waals surface area contributed by atoms with Crippen LogP contribution in [-0.4, -0.2) is 34.0 Å². The number of aliphatic hydroxyl groups is 1. The van der Waals surface area contributed by atoms with E-state index in [0.29, 0.717) is 12.1 Å². The second kappa shape index (κ2) is 6.17. The molecule has 1 rings (SSSR count). The largest absolute Gasteiger partial charge is 0.393 e. The van der Waals surface area contributed by atoms with Crippen LogP contribution in [0.4, 0.5) is 0 Å². The SMILES string of the molecule is CCCC(CC)ON1C(C)CC(O)CC1(C)C. The molecule has 1 aliphatic rings. The number of hydroxylamine groups is 2. The number of hydrogen-bond donors (Lipinski definition) is 1. The normalized spacial score (nSPS) is 31.4. The van der Waals surface area contributed by atoms with Gasteiger partial charge in [0.1, 0.15) is 0 Å². The zero-order valence-corrected chi connectivity index (χ0v) is 12.1. The molecule has 3 unspecified atom stereocenters. The molecule has 0 aromatic heterocycles. The Kier molecular flexibility index (Phi) is 5.42. The number of hydrogen-bond acceptors (Lipinski definition) is 3. The van der Waals surface area contributed by atoms with Crippen molar-refractivity contribution in [2.24, 2.45) is 0 Å². The van der Waals surface area contributed by atoms with Crippen LogP contribution in [0.15, 0.2) is 0 Å². The van der Waals surface area contributed by atoms with E-state index in [0.717, 1.165) is 32.1 Å². The van der Waals surface area contributed by atoms with Crippen LogP contribution < -0.4 is 0 Å². The predicted molar refractivity (Wildman–Crippen MR) is 70.7 cm³/mol. The van der Waals surface area contributed by atoms with Gasteiger partial charge in [0.05, 0.1) is 12.2 Å². The summed E-state index contributed by atoms with van der Waals surface area (Å²) in [6, 6.07) is 0.291. The van der Waals surface area contributed by atoms with Crippen LogP contribution in [0.1, 0.15) is 66.7 Å². The molecular formula is C14H29NO2. The zero-order valence-electron chi connectivity index (χ0n) is 12.1. The van der Waals surface area contributed by atoms with E-state index in [4.69, 9.17) is 4.84 Å². The molecule has 3 heteroatoms. The Morgan fingerprint density at radius 3 is 2.53 bits per heavy atom. The van der Waals surface area contributed by atoms with Gasteiger partial charge in [0.2, 0.25) is 0 Å². The van der Waals surface area contributed by atoms with Crippen LogP contribution in [0.2, 0.25) is 0 Å². The molecule has 3 atom stereocenters. The predicted octanol–water partition coefficient (Wildman–Crippen LogP) is 3.12. The fourth-order valence-electron chi connectivity index (χ4n) is 2.90. The lowest BCUT2D eigenvalue weighted by Gasteiger charge is -2.48. The Balaban J connectivity index is 2.66. The van der Waals surface area contributed by atoms with Gasteiger partial charge >= 0.3 is 0 Å². The third-order valence-electron chi connectivity index (χ3n) is 3.67. The third-order valence-corrected chi connectivity index (χ3v) is 3.67. The summed E-state index contributed by atoms with van der Waals surface area (Å²) in [6.45, 7) is 10.8. The number of nitrogens with zero attached hydrogens (tertiary/aromatic N) is 1. The Labute approximate surface area is 106 Å². The Morgan fingerprint density at radius 2 is 2.06 bits per heavy atom. The summed E-state index contributed by atoms with van der Waals surface area (Å²) in [5, 5.41) is 12.0. The van der Waals surface area contributed by atoms with Crippen molar-refractivity contribution in [2.75, 3.05) is 0 Å². The lowest BCUT2D eigenvalue weighted by Crippen LogP contribution is -2.56. The highest BCUT2D eigenvalue weighted by molar-refractivity contribution is 4.89. The van der Waals surface area contributed by atoms with E-state index in [-0.39, 0.29) is 11.6 Å². The molecule has 0 spiro atoms. The summed E-state index contributed by atoms with van der Waals surface area (Å²) in [6.07, 6.45) is 5.05. The summed E-state index contributed by atoms with van der Waals surface area (Å²) < 4.78 is 0. The van der Waals surface area contributed by atoms with Gasteiger partial charge in [0.15, 0.2) is 0 Å². The van der Waals surface area contributed by atoms with Gasteiger partial charge in [-0.15, -0.1) is 0 Å². The van der Waals surface area contributed by atoms with Crippen LogP contribution in [0.5, 0.6) is 0 Å². The molecule has 1 heterocycles. The minimum absolute atomic E-state index is 0.0712. The van der Waals surface area contributed by atoms with E-state index >= 15 is 0 Å². The molecule has 0 radical (unpaired) electrons. The van der Waals surface area contributed by atoms with Crippen molar-refractivity contribution in [3.05, 3.63) is 0 Å². The standard InChI is InChI=1S/C14H29NO2/c1-6-8-13(7-2)17-15-11(3)9-12(16)10-14(15,4)5/h11-13,16H,6-10H2,1-5H3. The Hall–Kier alpha value is -0.120. The molecule has 0 amide bonds. The van der Waals surface area contributed by atoms with Crippen molar-refractivity contribution in [2.45, 2.75) is 90.5 Å². The molecule has 1 N–H and O–H groups in total. The summed E-state index contributed by atoms with van der Waals surface area (Å²) in [5.41, 5.74) is -0.0712. The van der Waals surface area contributed by atoms with E-state index in [1.165, 1.54) is 0 Å². The fourth-order valence-corrected chi connectivity index (χ4v) is 2.90. The van der Waals surface area contributed by atoms with E-state index in [1.807, 2.05) is 0 Å². The average Bonchev–Trinajstić information content (AvgIpc) is 2.20. The molecule has 102 valence electrons. The van der Waals surface area contributed by atoms with Gasteiger partial charge in [0, 0.05) is 11.6 Å². The second-order valence-electron chi connectivity index (χ2n) is 6.01. The first kappa shape index (κ1) is 14.9. The second-order valence-corrected chi connectivity index (χ2v) is 6.01. The molecule has 1 fully saturated rings. The number of piperidine rings is 1. The van der Waals surface area contributed by atoms with Crippen molar-refractivity contribution in [3.8, 4) is 0 Å². The highest BCUT2D eigenvalue weighted by Gasteiger charge is 2.40. The lowest BCUT2D eigenvalue weighted by molar-refractivity contribution is -0.288. The molecular weight excluding hydrogens is 214 g/mol. The van der Waals surface area contributed by atoms with Crippen LogP contribution in [0.3, 0.4) is 0 Å². The molecule has 1 saturated heterocycles. The molecule has 0 bridgehead atoms. The van der Waals surface area contributed by atoms with Crippen LogP contribution in [0, 0.1) is 0 Å². The molecule has 3 nitrogen and oxygen atoms in total. The molecule has 0 aromatic rings. The summed E-state index contributed by atoms with van der Waals surface area (Å²) >= 11 is 0. The van der Waals surface area contributed by atoms with Crippen LogP contribution in [0.25, 0.3) is 0 Å². The molecule has 0 aliphatic carbocycles. The zero-order chi connectivity index (χ0) is 13.1. The average molecular weight is 243 g/mol. The highest BCUT2D eigenvalue weighted by atomic mass is 16.7. The van der Waals surface area contributed by atoms with Crippen molar-refractivity contribution >= 4 is 0 Å². The van der Waals surface area contributed by atoms with E-state index in [2.05, 4.69) is 39.7 Å². The molecule has 17 heavy (non-hydrogen) atoms. The van der Waals surface area contributed by atoms with Crippen LogP contribution >= 0.6 is 0 Å².